The summed E-state index contributed by atoms with van der Waals surface area (Å²) in [6.07, 6.45) is 1.73. The van der Waals surface area contributed by atoms with Gasteiger partial charge in [-0.1, -0.05) is 12.1 Å². The van der Waals surface area contributed by atoms with E-state index in [1.165, 1.54) is 0 Å². The minimum Gasteiger partial charge on any atom is -0.348 e. The van der Waals surface area contributed by atoms with Gasteiger partial charge in [0.15, 0.2) is 5.65 Å². The quantitative estimate of drug-likeness (QED) is 0.795. The first-order chi connectivity index (χ1) is 12.0. The van der Waals surface area contributed by atoms with Gasteiger partial charge in [-0.25, -0.2) is 9.67 Å². The summed E-state index contributed by atoms with van der Waals surface area (Å²) in [5, 5.41) is 17.0. The highest BCUT2D eigenvalue weighted by molar-refractivity contribution is 5.98. The highest BCUT2D eigenvalue weighted by Gasteiger charge is 2.15. The number of fused-ring (bicyclic) bond motifs is 1. The third kappa shape index (κ3) is 3.36. The molecule has 25 heavy (non-hydrogen) atoms. The normalized spacial score (nSPS) is 10.8. The number of benzene rings is 1. The Balaban J connectivity index is 1.82. The first-order valence-corrected chi connectivity index (χ1v) is 8.11. The van der Waals surface area contributed by atoms with Crippen molar-refractivity contribution in [2.45, 2.75) is 33.4 Å². The van der Waals surface area contributed by atoms with E-state index in [-0.39, 0.29) is 11.9 Å². The fourth-order valence-electron chi connectivity index (χ4n) is 2.70. The Morgan fingerprint density at radius 2 is 2.16 bits per heavy atom. The molecule has 0 unspecified atom stereocenters. The molecule has 0 aliphatic heterocycles. The summed E-state index contributed by atoms with van der Waals surface area (Å²) < 4.78 is 1.84. The second-order valence-electron chi connectivity index (χ2n) is 6.21. The molecule has 0 saturated carbocycles. The summed E-state index contributed by atoms with van der Waals surface area (Å²) >= 11 is 0. The van der Waals surface area contributed by atoms with Gasteiger partial charge >= 0.3 is 0 Å². The van der Waals surface area contributed by atoms with E-state index in [4.69, 9.17) is 5.26 Å². The van der Waals surface area contributed by atoms with Gasteiger partial charge in [0, 0.05) is 18.0 Å². The molecule has 0 fully saturated rings. The highest BCUT2D eigenvalue weighted by Crippen LogP contribution is 2.19. The molecule has 1 amide bonds. The number of hydrogen-bond acceptors (Lipinski definition) is 4. The molecule has 0 spiro atoms. The number of pyridine rings is 1. The molecule has 0 aliphatic rings. The molecular weight excluding hydrogens is 314 g/mol. The monoisotopic (exact) mass is 333 g/mol. The predicted octanol–water partition coefficient (Wildman–Crippen LogP) is 3.12. The standard InChI is InChI=1S/C19H19N5O/c1-12(2)24-18-16(11-22-24)8-17(13(3)23-18)19(25)21-10-15-6-4-5-14(7-15)9-20/h4-8,11-12H,10H2,1-3H3,(H,21,25). The molecule has 3 rings (SSSR count). The van der Waals surface area contributed by atoms with Crippen LogP contribution in [-0.4, -0.2) is 20.7 Å². The average Bonchev–Trinajstić information content (AvgIpc) is 3.02. The van der Waals surface area contributed by atoms with Crippen LogP contribution >= 0.6 is 0 Å². The molecule has 6 heteroatoms. The van der Waals surface area contributed by atoms with Crippen molar-refractivity contribution in [2.24, 2.45) is 0 Å². The SMILES string of the molecule is Cc1nc2c(cnn2C(C)C)cc1C(=O)NCc1cccc(C#N)c1. The van der Waals surface area contributed by atoms with Crippen LogP contribution in [0.5, 0.6) is 0 Å². The van der Waals surface area contributed by atoms with E-state index in [0.29, 0.717) is 23.4 Å². The minimum absolute atomic E-state index is 0.188. The number of nitriles is 1. The van der Waals surface area contributed by atoms with Crippen molar-refractivity contribution < 1.29 is 4.79 Å². The summed E-state index contributed by atoms with van der Waals surface area (Å²) in [5.41, 5.74) is 3.44. The predicted molar refractivity (Wildman–Crippen MR) is 95.0 cm³/mol. The number of aromatic nitrogens is 3. The zero-order chi connectivity index (χ0) is 18.0. The molecule has 0 saturated heterocycles. The lowest BCUT2D eigenvalue weighted by Gasteiger charge is -2.10. The molecule has 0 radical (unpaired) electrons. The molecule has 1 aromatic carbocycles. The lowest BCUT2D eigenvalue weighted by Crippen LogP contribution is -2.24. The Morgan fingerprint density at radius 1 is 1.36 bits per heavy atom. The fraction of sp³-hybridized carbons (Fsp3) is 0.263. The van der Waals surface area contributed by atoms with E-state index < -0.39 is 0 Å². The number of amides is 1. The number of nitrogens with zero attached hydrogens (tertiary/aromatic N) is 4. The molecule has 6 nitrogen and oxygen atoms in total. The van der Waals surface area contributed by atoms with Crippen LogP contribution in [0.4, 0.5) is 0 Å². The van der Waals surface area contributed by atoms with Gasteiger partial charge < -0.3 is 5.32 Å². The fourth-order valence-corrected chi connectivity index (χ4v) is 2.70. The van der Waals surface area contributed by atoms with E-state index in [9.17, 15) is 4.79 Å². The molecule has 0 aliphatic carbocycles. The first-order valence-electron chi connectivity index (χ1n) is 8.11. The Kier molecular flexibility index (Phi) is 4.48. The van der Waals surface area contributed by atoms with Crippen molar-refractivity contribution in [1.29, 1.82) is 5.26 Å². The van der Waals surface area contributed by atoms with Crippen LogP contribution in [-0.2, 0) is 6.54 Å². The maximum Gasteiger partial charge on any atom is 0.253 e. The van der Waals surface area contributed by atoms with Crippen LogP contribution in [0.25, 0.3) is 11.0 Å². The molecule has 0 atom stereocenters. The Bertz CT molecular complexity index is 981. The van der Waals surface area contributed by atoms with E-state index in [1.54, 1.807) is 24.4 Å². The third-order valence-electron chi connectivity index (χ3n) is 4.00. The van der Waals surface area contributed by atoms with Crippen LogP contribution in [0.15, 0.2) is 36.5 Å². The van der Waals surface area contributed by atoms with Crippen LogP contribution in [0.1, 0.15) is 47.1 Å². The van der Waals surface area contributed by atoms with E-state index in [0.717, 1.165) is 16.6 Å². The second kappa shape index (κ2) is 6.73. The molecular formula is C19H19N5O. The summed E-state index contributed by atoms with van der Waals surface area (Å²) in [6, 6.07) is 11.3. The summed E-state index contributed by atoms with van der Waals surface area (Å²) in [7, 11) is 0. The van der Waals surface area contributed by atoms with Gasteiger partial charge in [0.05, 0.1) is 29.1 Å². The lowest BCUT2D eigenvalue weighted by atomic mass is 10.1. The largest absolute Gasteiger partial charge is 0.348 e. The van der Waals surface area contributed by atoms with E-state index >= 15 is 0 Å². The molecule has 3 aromatic rings. The maximum atomic E-state index is 12.5. The van der Waals surface area contributed by atoms with Crippen molar-refractivity contribution in [3.05, 3.63) is 58.9 Å². The van der Waals surface area contributed by atoms with Crippen LogP contribution in [0.3, 0.4) is 0 Å². The molecule has 0 bridgehead atoms. The topological polar surface area (TPSA) is 83.6 Å². The Morgan fingerprint density at radius 3 is 2.88 bits per heavy atom. The number of aryl methyl sites for hydroxylation is 1. The van der Waals surface area contributed by atoms with E-state index in [1.807, 2.05) is 37.6 Å². The Hall–Kier alpha value is -3.20. The zero-order valence-corrected chi connectivity index (χ0v) is 14.4. The number of carbonyl (C=O) groups is 1. The number of hydrogen-bond donors (Lipinski definition) is 1. The molecule has 2 aromatic heterocycles. The number of rotatable bonds is 4. The smallest absolute Gasteiger partial charge is 0.253 e. The molecule has 1 N–H and O–H groups in total. The van der Waals surface area contributed by atoms with Crippen LogP contribution in [0, 0.1) is 18.3 Å². The van der Waals surface area contributed by atoms with Crippen molar-refractivity contribution in [1.82, 2.24) is 20.1 Å². The van der Waals surface area contributed by atoms with E-state index in [2.05, 4.69) is 21.5 Å². The van der Waals surface area contributed by atoms with Gasteiger partial charge in [-0.15, -0.1) is 0 Å². The highest BCUT2D eigenvalue weighted by atomic mass is 16.1. The number of carbonyl (C=O) groups excluding carboxylic acids is 1. The zero-order valence-electron chi connectivity index (χ0n) is 14.4. The van der Waals surface area contributed by atoms with Crippen molar-refractivity contribution in [3.8, 4) is 6.07 Å². The van der Waals surface area contributed by atoms with Gasteiger partial charge in [0.2, 0.25) is 0 Å². The Labute approximate surface area is 146 Å². The van der Waals surface area contributed by atoms with Crippen LogP contribution in [0.2, 0.25) is 0 Å². The van der Waals surface area contributed by atoms with Gasteiger partial charge in [-0.3, -0.25) is 4.79 Å². The van der Waals surface area contributed by atoms with Gasteiger partial charge in [-0.05, 0) is 44.5 Å². The van der Waals surface area contributed by atoms with Gasteiger partial charge in [0.25, 0.3) is 5.91 Å². The third-order valence-corrected chi connectivity index (χ3v) is 4.00. The van der Waals surface area contributed by atoms with Crippen molar-refractivity contribution >= 4 is 16.9 Å². The summed E-state index contributed by atoms with van der Waals surface area (Å²) in [4.78, 5) is 17.1. The maximum absolute atomic E-state index is 12.5. The second-order valence-corrected chi connectivity index (χ2v) is 6.21. The molecule has 2 heterocycles. The van der Waals surface area contributed by atoms with Crippen molar-refractivity contribution in [3.63, 3.8) is 0 Å². The lowest BCUT2D eigenvalue weighted by molar-refractivity contribution is 0.0950. The summed E-state index contributed by atoms with van der Waals surface area (Å²) in [5.74, 6) is -0.188. The first kappa shape index (κ1) is 16.7. The van der Waals surface area contributed by atoms with Gasteiger partial charge in [0.1, 0.15) is 0 Å². The van der Waals surface area contributed by atoms with Gasteiger partial charge in [-0.2, -0.15) is 10.4 Å². The van der Waals surface area contributed by atoms with Crippen molar-refractivity contribution in [2.75, 3.05) is 0 Å². The summed E-state index contributed by atoms with van der Waals surface area (Å²) in [6.45, 7) is 6.26. The molecule has 126 valence electrons. The number of nitrogens with one attached hydrogen (secondary N) is 1. The van der Waals surface area contributed by atoms with Crippen LogP contribution < -0.4 is 5.32 Å². The minimum atomic E-state index is -0.188. The average molecular weight is 333 g/mol.